The van der Waals surface area contributed by atoms with Gasteiger partial charge in [-0.05, 0) is 0 Å². The monoisotopic (exact) mass is 528 g/mol. The molecule has 5 rings (SSSR count). The molecule has 1 aliphatic heterocycles. The second-order valence-electron chi connectivity index (χ2n) is 9.51. The van der Waals surface area contributed by atoms with Crippen molar-refractivity contribution in [3.8, 4) is 0 Å². The van der Waals surface area contributed by atoms with Crippen molar-refractivity contribution in [1.29, 1.82) is 0 Å². The summed E-state index contributed by atoms with van der Waals surface area (Å²) in [5.74, 6) is 0. The van der Waals surface area contributed by atoms with Crippen molar-refractivity contribution in [2.24, 2.45) is 0 Å². The summed E-state index contributed by atoms with van der Waals surface area (Å²) >= 11 is 0. The van der Waals surface area contributed by atoms with Gasteiger partial charge in [0.1, 0.15) is 28.4 Å². The molecule has 1 saturated heterocycles. The summed E-state index contributed by atoms with van der Waals surface area (Å²) in [5, 5.41) is 5.86. The van der Waals surface area contributed by atoms with Gasteiger partial charge >= 0.3 is 0 Å². The van der Waals surface area contributed by atoms with Crippen LogP contribution in [0.4, 0.5) is 0 Å². The third-order valence-corrected chi connectivity index (χ3v) is 85.2. The number of hydrogen-bond acceptors (Lipinski definition) is 0. The predicted octanol–water partition coefficient (Wildman–Crippen LogP) is 4.64. The fourth-order valence-corrected chi connectivity index (χ4v) is 121. The van der Waals surface area contributed by atoms with Gasteiger partial charge in [0.2, 0.25) is 0 Å². The molecule has 1 heterocycles. The second kappa shape index (κ2) is 9.30. The average molecular weight is 529 g/mol. The summed E-state index contributed by atoms with van der Waals surface area (Å²) < 4.78 is 0. The number of benzene rings is 4. The lowest BCUT2D eigenvalue weighted by molar-refractivity contribution is 1.71. The smallest absolute Gasteiger partial charge is 0.107 e. The van der Waals surface area contributed by atoms with Gasteiger partial charge in [-0.2, -0.15) is 0 Å². The minimum atomic E-state index is -2.48. The minimum absolute atomic E-state index is 1.46. The standard InChI is InChI=1S/C32H32Si4/c1-5-33(29-21-13-9-14-22-29)34(6-2,30-23-15-10-16-24-30)36(8-4,32-27-19-12-20-28-32)35(33,7-3)31-25-17-11-18-26-31/h5-28H,1-4H2. The molecule has 0 aromatic heterocycles. The van der Waals surface area contributed by atoms with Gasteiger partial charge in [0.15, 0.2) is 0 Å². The van der Waals surface area contributed by atoms with E-state index in [0.717, 1.165) is 0 Å². The van der Waals surface area contributed by atoms with E-state index >= 15 is 0 Å². The average Bonchev–Trinajstić information content (AvgIpc) is 2.96. The molecule has 4 heteroatoms. The van der Waals surface area contributed by atoms with E-state index in [2.05, 4.69) is 170 Å². The highest BCUT2D eigenvalue weighted by Gasteiger charge is 2.89. The van der Waals surface area contributed by atoms with Crippen molar-refractivity contribution in [3.05, 3.63) is 170 Å². The fraction of sp³-hybridized carbons (Fsp3) is 0. The van der Waals surface area contributed by atoms with E-state index in [0.29, 0.717) is 0 Å². The van der Waals surface area contributed by atoms with Crippen LogP contribution in [0.3, 0.4) is 0 Å². The van der Waals surface area contributed by atoms with Crippen LogP contribution >= 0.6 is 0 Å². The van der Waals surface area contributed by atoms with Gasteiger partial charge in [0.25, 0.3) is 0 Å². The minimum Gasteiger partial charge on any atom is -0.107 e. The zero-order chi connectivity index (χ0) is 25.3. The Labute approximate surface area is 218 Å². The molecule has 0 unspecified atom stereocenters. The van der Waals surface area contributed by atoms with Gasteiger partial charge in [-0.15, -0.1) is 49.1 Å². The largest absolute Gasteiger partial charge is 0.111 e. The highest BCUT2D eigenvalue weighted by atomic mass is 30.2. The van der Waals surface area contributed by atoms with Crippen molar-refractivity contribution in [1.82, 2.24) is 0 Å². The van der Waals surface area contributed by atoms with Crippen LogP contribution in [0.25, 0.3) is 0 Å². The predicted molar refractivity (Wildman–Crippen MR) is 168 cm³/mol. The van der Waals surface area contributed by atoms with Gasteiger partial charge in [-0.25, -0.2) is 0 Å². The molecular weight excluding hydrogens is 497 g/mol. The lowest BCUT2D eigenvalue weighted by atomic mass is 10.4. The summed E-state index contributed by atoms with van der Waals surface area (Å²) in [6, 6.07) is 45.0. The molecule has 4 aromatic carbocycles. The molecule has 1 fully saturated rings. The SMILES string of the molecule is C=C[Si]1(c2ccccc2)[Si](C=C)(c2ccccc2)[Si](C=C)(c2ccccc2)[Si]1(C=C)c1ccccc1. The number of rotatable bonds is 8. The van der Waals surface area contributed by atoms with E-state index in [-0.39, 0.29) is 0 Å². The van der Waals surface area contributed by atoms with E-state index in [1.54, 1.807) is 0 Å². The third-order valence-electron chi connectivity index (χ3n) is 8.63. The Kier molecular flexibility index (Phi) is 6.30. The van der Waals surface area contributed by atoms with Gasteiger partial charge in [-0.1, -0.05) is 142 Å². The first-order valence-corrected chi connectivity index (χ1v) is 24.7. The maximum absolute atomic E-state index is 4.69. The Morgan fingerprint density at radius 2 is 0.472 bits per heavy atom. The summed E-state index contributed by atoms with van der Waals surface area (Å²) in [5.41, 5.74) is 9.73. The Balaban J connectivity index is 2.08. The maximum Gasteiger partial charge on any atom is 0.111 e. The van der Waals surface area contributed by atoms with Crippen LogP contribution in [0.1, 0.15) is 0 Å². The fourth-order valence-electron chi connectivity index (χ4n) is 7.57. The summed E-state index contributed by atoms with van der Waals surface area (Å²) in [6.45, 7) is 18.7. The molecule has 36 heavy (non-hydrogen) atoms. The lowest BCUT2D eigenvalue weighted by Crippen LogP contribution is -3.15. The van der Waals surface area contributed by atoms with E-state index in [9.17, 15) is 0 Å². The summed E-state index contributed by atoms with van der Waals surface area (Å²) in [6.07, 6.45) is 0. The Hall–Kier alpha value is -3.29. The summed E-state index contributed by atoms with van der Waals surface area (Å²) in [4.78, 5) is 0. The first kappa shape index (κ1) is 24.4. The van der Waals surface area contributed by atoms with Gasteiger partial charge in [0, 0.05) is 0 Å². The zero-order valence-electron chi connectivity index (χ0n) is 20.7. The van der Waals surface area contributed by atoms with Gasteiger partial charge < -0.3 is 0 Å². The Bertz CT molecular complexity index is 1170. The zero-order valence-corrected chi connectivity index (χ0v) is 24.7. The van der Waals surface area contributed by atoms with Gasteiger partial charge in [0.05, 0.1) is 0 Å². The van der Waals surface area contributed by atoms with Crippen molar-refractivity contribution in [2.75, 3.05) is 0 Å². The molecule has 0 amide bonds. The molecule has 0 saturated carbocycles. The van der Waals surface area contributed by atoms with Crippen molar-refractivity contribution in [3.63, 3.8) is 0 Å². The molecule has 0 bridgehead atoms. The van der Waals surface area contributed by atoms with Crippen LogP contribution in [0.2, 0.25) is 0 Å². The molecule has 0 radical (unpaired) electrons. The van der Waals surface area contributed by atoms with E-state index < -0.39 is 28.4 Å². The van der Waals surface area contributed by atoms with E-state index in [4.69, 9.17) is 0 Å². The normalized spacial score (nSPS) is 28.9. The second-order valence-corrected chi connectivity index (χ2v) is 44.8. The van der Waals surface area contributed by atoms with E-state index in [1.165, 1.54) is 20.7 Å². The molecule has 1 aliphatic rings. The third kappa shape index (κ3) is 2.67. The van der Waals surface area contributed by atoms with Crippen LogP contribution in [0.5, 0.6) is 0 Å². The van der Waals surface area contributed by atoms with Crippen LogP contribution < -0.4 is 20.7 Å². The van der Waals surface area contributed by atoms with Crippen LogP contribution in [-0.2, 0) is 0 Å². The van der Waals surface area contributed by atoms with Crippen LogP contribution in [0.15, 0.2) is 170 Å². The van der Waals surface area contributed by atoms with Crippen molar-refractivity contribution in [2.45, 2.75) is 0 Å². The molecule has 176 valence electrons. The Morgan fingerprint density at radius 1 is 0.306 bits per heavy atom. The highest BCUT2D eigenvalue weighted by Crippen LogP contribution is 2.52. The van der Waals surface area contributed by atoms with Crippen LogP contribution in [-0.4, -0.2) is 28.4 Å². The molecular formula is C32H32Si4. The Morgan fingerprint density at radius 3 is 0.611 bits per heavy atom. The van der Waals surface area contributed by atoms with Gasteiger partial charge in [-0.3, -0.25) is 0 Å². The molecule has 0 atom stereocenters. The van der Waals surface area contributed by atoms with E-state index in [1.807, 2.05) is 0 Å². The molecule has 0 nitrogen and oxygen atoms in total. The molecule has 0 spiro atoms. The van der Waals surface area contributed by atoms with Crippen molar-refractivity contribution < 1.29 is 0 Å². The first-order chi connectivity index (χ1) is 17.7. The quantitative estimate of drug-likeness (QED) is 0.292. The topological polar surface area (TPSA) is 0 Å². The van der Waals surface area contributed by atoms with Crippen LogP contribution in [0, 0.1) is 0 Å². The highest BCUT2D eigenvalue weighted by molar-refractivity contribution is 8.23. The summed E-state index contributed by atoms with van der Waals surface area (Å²) in [7, 11) is -9.91. The maximum atomic E-state index is 4.69. The molecule has 4 aromatic rings. The first-order valence-electron chi connectivity index (χ1n) is 12.4. The van der Waals surface area contributed by atoms with Crippen molar-refractivity contribution >= 4 is 49.2 Å². The number of hydrogen-bond donors (Lipinski definition) is 0. The molecule has 0 aliphatic carbocycles. The lowest BCUT2D eigenvalue weighted by Gasteiger charge is -2.76. The molecule has 0 N–H and O–H groups in total.